The van der Waals surface area contributed by atoms with Crippen LogP contribution in [0.3, 0.4) is 0 Å². The van der Waals surface area contributed by atoms with Gasteiger partial charge >= 0.3 is 0 Å². The molecule has 1 aliphatic rings. The van der Waals surface area contributed by atoms with E-state index >= 15 is 0 Å². The van der Waals surface area contributed by atoms with Gasteiger partial charge < -0.3 is 14.8 Å². The van der Waals surface area contributed by atoms with E-state index in [4.69, 9.17) is 14.7 Å². The van der Waals surface area contributed by atoms with E-state index in [-0.39, 0.29) is 12.5 Å². The molecule has 0 radical (unpaired) electrons. The first-order valence-electron chi connectivity index (χ1n) is 6.20. The molecule has 0 heterocycles. The summed E-state index contributed by atoms with van der Waals surface area (Å²) < 4.78 is 10.5. The third kappa shape index (κ3) is 3.88. The number of ether oxygens (including phenoxy) is 2. The van der Waals surface area contributed by atoms with E-state index < -0.39 is 0 Å². The summed E-state index contributed by atoms with van der Waals surface area (Å²) in [6.07, 6.45) is 2.40. The lowest BCUT2D eigenvalue weighted by molar-refractivity contribution is -0.123. The predicted molar refractivity (Wildman–Crippen MR) is 68.9 cm³/mol. The van der Waals surface area contributed by atoms with Crippen molar-refractivity contribution in [2.75, 3.05) is 20.3 Å². The molecule has 1 saturated carbocycles. The van der Waals surface area contributed by atoms with Gasteiger partial charge in [-0.15, -0.1) is 0 Å². The Morgan fingerprint density at radius 3 is 2.89 bits per heavy atom. The predicted octanol–water partition coefficient (Wildman–Crippen LogP) is 1.47. The molecular formula is C14H16N2O3. The lowest BCUT2D eigenvalue weighted by atomic mass is 10.2. The van der Waals surface area contributed by atoms with E-state index in [1.54, 1.807) is 18.2 Å². The van der Waals surface area contributed by atoms with Gasteiger partial charge in [-0.3, -0.25) is 4.79 Å². The second kappa shape index (κ2) is 6.10. The van der Waals surface area contributed by atoms with Crippen LogP contribution in [0.2, 0.25) is 0 Å². The molecular weight excluding hydrogens is 244 g/mol. The molecule has 0 atom stereocenters. The van der Waals surface area contributed by atoms with E-state index in [1.807, 2.05) is 6.07 Å². The van der Waals surface area contributed by atoms with Crippen LogP contribution in [-0.4, -0.2) is 26.2 Å². The van der Waals surface area contributed by atoms with Gasteiger partial charge in [-0.1, -0.05) is 0 Å². The van der Waals surface area contributed by atoms with Crippen LogP contribution in [0.4, 0.5) is 0 Å². The summed E-state index contributed by atoms with van der Waals surface area (Å²) in [6.45, 7) is 0.682. The van der Waals surface area contributed by atoms with Crippen molar-refractivity contribution in [1.82, 2.24) is 5.32 Å². The lowest BCUT2D eigenvalue weighted by Crippen LogP contribution is -2.30. The molecule has 1 amide bonds. The Morgan fingerprint density at radius 2 is 2.26 bits per heavy atom. The van der Waals surface area contributed by atoms with Gasteiger partial charge in [-0.25, -0.2) is 0 Å². The van der Waals surface area contributed by atoms with Crippen LogP contribution in [0.1, 0.15) is 18.4 Å². The van der Waals surface area contributed by atoms with Gasteiger partial charge in [-0.2, -0.15) is 5.26 Å². The molecule has 5 nitrogen and oxygen atoms in total. The first kappa shape index (κ1) is 13.2. The first-order valence-corrected chi connectivity index (χ1v) is 6.20. The van der Waals surface area contributed by atoms with Gasteiger partial charge in [0.15, 0.2) is 18.1 Å². The highest BCUT2D eigenvalue weighted by Gasteiger charge is 2.21. The number of amides is 1. The smallest absolute Gasteiger partial charge is 0.257 e. The summed E-state index contributed by atoms with van der Waals surface area (Å²) in [5.41, 5.74) is 0.488. The van der Waals surface area contributed by atoms with Crippen molar-refractivity contribution in [3.05, 3.63) is 23.8 Å². The highest BCUT2D eigenvalue weighted by atomic mass is 16.5. The Balaban J connectivity index is 1.87. The van der Waals surface area contributed by atoms with Crippen LogP contribution in [0, 0.1) is 17.2 Å². The van der Waals surface area contributed by atoms with Crippen molar-refractivity contribution < 1.29 is 14.3 Å². The number of rotatable bonds is 6. The maximum absolute atomic E-state index is 11.5. The Bertz CT molecular complexity index is 504. The van der Waals surface area contributed by atoms with E-state index in [0.29, 0.717) is 23.0 Å². The molecule has 19 heavy (non-hydrogen) atoms. The van der Waals surface area contributed by atoms with E-state index in [1.165, 1.54) is 20.0 Å². The second-order valence-corrected chi connectivity index (χ2v) is 4.51. The van der Waals surface area contributed by atoms with Crippen LogP contribution in [0.5, 0.6) is 11.5 Å². The summed E-state index contributed by atoms with van der Waals surface area (Å²) in [5.74, 6) is 1.42. The van der Waals surface area contributed by atoms with E-state index in [9.17, 15) is 4.79 Å². The van der Waals surface area contributed by atoms with Gasteiger partial charge in [0.05, 0.1) is 18.7 Å². The largest absolute Gasteiger partial charge is 0.493 e. The molecule has 2 rings (SSSR count). The molecule has 1 aliphatic carbocycles. The van der Waals surface area contributed by atoms with Crippen molar-refractivity contribution in [1.29, 1.82) is 5.26 Å². The summed E-state index contributed by atoms with van der Waals surface area (Å²) in [5, 5.41) is 11.6. The first-order chi connectivity index (χ1) is 9.22. The number of hydrogen-bond acceptors (Lipinski definition) is 4. The molecule has 0 unspecified atom stereocenters. The third-order valence-electron chi connectivity index (χ3n) is 2.94. The minimum Gasteiger partial charge on any atom is -0.493 e. The SMILES string of the molecule is COc1cc(C#N)ccc1OCC(=O)NCC1CC1. The molecule has 0 bridgehead atoms. The van der Waals surface area contributed by atoms with Gasteiger partial charge in [0.25, 0.3) is 5.91 Å². The summed E-state index contributed by atoms with van der Waals surface area (Å²) >= 11 is 0. The molecule has 1 N–H and O–H groups in total. The Kier molecular flexibility index (Phi) is 4.24. The van der Waals surface area contributed by atoms with Crippen LogP contribution in [0.25, 0.3) is 0 Å². The summed E-state index contributed by atoms with van der Waals surface area (Å²) in [4.78, 5) is 11.5. The van der Waals surface area contributed by atoms with Crippen molar-refractivity contribution in [3.63, 3.8) is 0 Å². The van der Waals surface area contributed by atoms with Gasteiger partial charge in [0.2, 0.25) is 0 Å². The zero-order chi connectivity index (χ0) is 13.7. The summed E-state index contributed by atoms with van der Waals surface area (Å²) in [6, 6.07) is 6.85. The maximum atomic E-state index is 11.5. The standard InChI is InChI=1S/C14H16N2O3/c1-18-13-6-11(7-15)4-5-12(13)19-9-14(17)16-8-10-2-3-10/h4-6,10H,2-3,8-9H2,1H3,(H,16,17). The number of methoxy groups -OCH3 is 1. The van der Waals surface area contributed by atoms with Crippen LogP contribution < -0.4 is 14.8 Å². The average molecular weight is 260 g/mol. The zero-order valence-corrected chi connectivity index (χ0v) is 10.8. The number of nitrogens with one attached hydrogen (secondary N) is 1. The number of nitriles is 1. The monoisotopic (exact) mass is 260 g/mol. The molecule has 5 heteroatoms. The third-order valence-corrected chi connectivity index (χ3v) is 2.94. The highest BCUT2D eigenvalue weighted by Crippen LogP contribution is 2.28. The average Bonchev–Trinajstić information content (AvgIpc) is 3.26. The normalized spacial score (nSPS) is 13.5. The van der Waals surface area contributed by atoms with Crippen LogP contribution in [0.15, 0.2) is 18.2 Å². The molecule has 100 valence electrons. The fourth-order valence-corrected chi connectivity index (χ4v) is 1.63. The number of benzene rings is 1. The molecule has 1 aromatic rings. The van der Waals surface area contributed by atoms with E-state index in [2.05, 4.69) is 5.32 Å². The molecule has 0 spiro atoms. The fourth-order valence-electron chi connectivity index (χ4n) is 1.63. The second-order valence-electron chi connectivity index (χ2n) is 4.51. The zero-order valence-electron chi connectivity index (χ0n) is 10.8. The molecule has 0 aromatic heterocycles. The molecule has 0 saturated heterocycles. The minimum atomic E-state index is -0.140. The number of carbonyl (C=O) groups is 1. The molecule has 0 aliphatic heterocycles. The minimum absolute atomic E-state index is 0.0466. The quantitative estimate of drug-likeness (QED) is 0.840. The van der Waals surface area contributed by atoms with Crippen LogP contribution in [-0.2, 0) is 4.79 Å². The lowest BCUT2D eigenvalue weighted by Gasteiger charge is -2.10. The molecule has 1 aromatic carbocycles. The van der Waals surface area contributed by atoms with Gasteiger partial charge in [0, 0.05) is 12.6 Å². The molecule has 1 fully saturated rings. The number of hydrogen-bond donors (Lipinski definition) is 1. The Morgan fingerprint density at radius 1 is 1.47 bits per heavy atom. The van der Waals surface area contributed by atoms with Gasteiger partial charge in [0.1, 0.15) is 0 Å². The topological polar surface area (TPSA) is 71.3 Å². The Labute approximate surface area is 112 Å². The maximum Gasteiger partial charge on any atom is 0.257 e. The highest BCUT2D eigenvalue weighted by molar-refractivity contribution is 5.77. The van der Waals surface area contributed by atoms with Crippen molar-refractivity contribution in [2.24, 2.45) is 5.92 Å². The Hall–Kier alpha value is -2.22. The summed E-state index contributed by atoms with van der Waals surface area (Å²) in [7, 11) is 1.50. The fraction of sp³-hybridized carbons (Fsp3) is 0.429. The van der Waals surface area contributed by atoms with E-state index in [0.717, 1.165) is 6.54 Å². The van der Waals surface area contributed by atoms with Crippen molar-refractivity contribution in [2.45, 2.75) is 12.8 Å². The number of carbonyl (C=O) groups excluding carboxylic acids is 1. The number of nitrogens with zero attached hydrogens (tertiary/aromatic N) is 1. The van der Waals surface area contributed by atoms with Gasteiger partial charge in [-0.05, 0) is 30.9 Å². The van der Waals surface area contributed by atoms with Crippen molar-refractivity contribution in [3.8, 4) is 17.6 Å². The van der Waals surface area contributed by atoms with Crippen LogP contribution >= 0.6 is 0 Å². The van der Waals surface area contributed by atoms with Crippen molar-refractivity contribution >= 4 is 5.91 Å².